The number of anilines is 5. The molecule has 0 radical (unpaired) electrons. The van der Waals surface area contributed by atoms with Crippen molar-refractivity contribution in [3.63, 3.8) is 0 Å². The molecule has 8 aromatic carbocycles. The predicted octanol–water partition coefficient (Wildman–Crippen LogP) is 19.2. The zero-order valence-electron chi connectivity index (χ0n) is 49.5. The van der Waals surface area contributed by atoms with Gasteiger partial charge in [0.2, 0.25) is 0 Å². The van der Waals surface area contributed by atoms with E-state index in [1.807, 2.05) is 0 Å². The molecule has 0 bridgehead atoms. The highest BCUT2D eigenvalue weighted by Crippen LogP contribution is 2.54. The van der Waals surface area contributed by atoms with E-state index in [0.29, 0.717) is 0 Å². The average molecular weight is 1020 g/mol. The van der Waals surface area contributed by atoms with Gasteiger partial charge in [-0.3, -0.25) is 0 Å². The number of aromatic nitrogens is 1. The molecule has 2 aromatic heterocycles. The fourth-order valence-electron chi connectivity index (χ4n) is 13.7. The minimum absolute atomic E-state index is 0.00797. The second-order valence-electron chi connectivity index (χ2n) is 29.0. The van der Waals surface area contributed by atoms with Crippen LogP contribution in [0, 0.1) is 6.92 Å². The van der Waals surface area contributed by atoms with Crippen LogP contribution < -0.4 is 20.6 Å². The van der Waals surface area contributed by atoms with Crippen molar-refractivity contribution in [2.75, 3.05) is 9.71 Å². The summed E-state index contributed by atoms with van der Waals surface area (Å²) in [5, 5.41) is 4.90. The lowest BCUT2D eigenvalue weighted by Crippen LogP contribution is -2.61. The van der Waals surface area contributed by atoms with Crippen molar-refractivity contribution in [3.8, 4) is 16.8 Å². The van der Waals surface area contributed by atoms with Crippen molar-refractivity contribution in [1.29, 1.82) is 0 Å². The van der Waals surface area contributed by atoms with Gasteiger partial charge in [-0.15, -0.1) is 0 Å². The number of aryl methyl sites for hydroxylation is 1. The summed E-state index contributed by atoms with van der Waals surface area (Å²) in [6, 6.07) is 54.7. The van der Waals surface area contributed by atoms with E-state index >= 15 is 0 Å². The molecule has 0 atom stereocenters. The maximum Gasteiger partial charge on any atom is 0.333 e. The van der Waals surface area contributed by atoms with E-state index in [0.717, 1.165) is 45.4 Å². The molecule has 0 saturated heterocycles. The van der Waals surface area contributed by atoms with E-state index in [-0.39, 0.29) is 39.3 Å². The predicted molar refractivity (Wildman–Crippen MR) is 337 cm³/mol. The molecule has 4 heterocycles. The van der Waals surface area contributed by atoms with Crippen LogP contribution in [0.5, 0.6) is 0 Å². The first-order chi connectivity index (χ1) is 36.6. The maximum absolute atomic E-state index is 7.35. The lowest BCUT2D eigenvalue weighted by atomic mass is 9.43. The number of para-hydroxylation sites is 1. The van der Waals surface area contributed by atoms with E-state index < -0.39 is 0 Å². The summed E-state index contributed by atoms with van der Waals surface area (Å²) in [4.78, 5) is 5.24. The Balaban J connectivity index is 1.19. The van der Waals surface area contributed by atoms with Gasteiger partial charge in [-0.1, -0.05) is 171 Å². The van der Waals surface area contributed by atoms with Gasteiger partial charge in [0.15, 0.2) is 0 Å². The Morgan fingerprint density at radius 3 is 1.64 bits per heavy atom. The van der Waals surface area contributed by atoms with E-state index in [1.165, 1.54) is 106 Å². The second kappa shape index (κ2) is 16.5. The van der Waals surface area contributed by atoms with Crippen LogP contribution in [0.25, 0.3) is 60.6 Å². The number of rotatable bonds is 4. The van der Waals surface area contributed by atoms with Crippen LogP contribution in [0.4, 0.5) is 28.4 Å². The molecular formula is C73H78BN3O. The van der Waals surface area contributed by atoms with Crippen LogP contribution in [0.1, 0.15) is 163 Å². The standard InChI is InChI=1S/C73H78BN3O/c1-43-36-56-57(73(16,17)35-34-72(56,14)15)42-61(43)77-60-33-31-50(75(48-27-22-44(23-28-48)68(2,3)4)49-29-24-45(25-30-49)69(5,6)7)40-55(60)64-65-62(41-54-51-20-18-19-21-63(51)78-67(54)64)76-59-32-26-46(70(8,9)10)37-52(59)53-38-47(71(11,12)13)39-58(66(53)76)74(65)77/h18-33,36-42H,34-35H2,1-17H3. The molecule has 4 nitrogen and oxygen atoms in total. The topological polar surface area (TPSA) is 24.6 Å². The van der Waals surface area contributed by atoms with Crippen molar-refractivity contribution in [1.82, 2.24) is 4.57 Å². The maximum atomic E-state index is 7.35. The van der Waals surface area contributed by atoms with Crippen molar-refractivity contribution < 1.29 is 4.42 Å². The number of furan rings is 1. The Morgan fingerprint density at radius 2 is 1.04 bits per heavy atom. The minimum atomic E-state index is -0.183. The Labute approximate surface area is 464 Å². The van der Waals surface area contributed by atoms with Crippen LogP contribution in [0.2, 0.25) is 0 Å². The van der Waals surface area contributed by atoms with Gasteiger partial charge >= 0.3 is 6.85 Å². The normalized spacial score (nSPS) is 15.8. The van der Waals surface area contributed by atoms with Gasteiger partial charge < -0.3 is 18.7 Å². The number of fused-ring (bicyclic) bond motifs is 12. The molecular weight excluding hydrogens is 946 g/mol. The molecule has 0 unspecified atom stereocenters. The van der Waals surface area contributed by atoms with Gasteiger partial charge in [0, 0.05) is 66.8 Å². The quantitative estimate of drug-likeness (QED) is 0.164. The Bertz CT molecular complexity index is 4080. The Kier molecular flexibility index (Phi) is 10.7. The summed E-state index contributed by atoms with van der Waals surface area (Å²) < 4.78 is 9.99. The second-order valence-corrected chi connectivity index (χ2v) is 29.0. The molecule has 3 aliphatic rings. The van der Waals surface area contributed by atoms with Gasteiger partial charge in [-0.05, 0) is 181 Å². The fourth-order valence-corrected chi connectivity index (χ4v) is 13.7. The molecule has 13 rings (SSSR count). The highest BCUT2D eigenvalue weighted by atomic mass is 16.3. The lowest BCUT2D eigenvalue weighted by molar-refractivity contribution is 0.332. The van der Waals surface area contributed by atoms with E-state index in [9.17, 15) is 0 Å². The highest BCUT2D eigenvalue weighted by Gasteiger charge is 2.48. The molecule has 0 saturated carbocycles. The molecule has 0 fully saturated rings. The first kappa shape index (κ1) is 50.5. The number of hydrogen-bond acceptors (Lipinski definition) is 3. The van der Waals surface area contributed by atoms with E-state index in [1.54, 1.807) is 0 Å². The Hall–Kier alpha value is -6.98. The number of benzene rings is 8. The third-order valence-corrected chi connectivity index (χ3v) is 18.6. The van der Waals surface area contributed by atoms with Crippen molar-refractivity contribution in [2.24, 2.45) is 0 Å². The molecule has 0 spiro atoms. The summed E-state index contributed by atoms with van der Waals surface area (Å²) >= 11 is 0. The van der Waals surface area contributed by atoms with Gasteiger partial charge in [-0.2, -0.15) is 0 Å². The monoisotopic (exact) mass is 1020 g/mol. The van der Waals surface area contributed by atoms with Gasteiger partial charge in [0.25, 0.3) is 0 Å². The molecule has 5 heteroatoms. The van der Waals surface area contributed by atoms with Gasteiger partial charge in [0.05, 0.1) is 11.0 Å². The third-order valence-electron chi connectivity index (χ3n) is 18.6. The zero-order valence-corrected chi connectivity index (χ0v) is 49.5. The molecule has 78 heavy (non-hydrogen) atoms. The van der Waals surface area contributed by atoms with Gasteiger partial charge in [0.1, 0.15) is 11.2 Å². The van der Waals surface area contributed by atoms with Crippen LogP contribution in [0.3, 0.4) is 0 Å². The molecule has 394 valence electrons. The first-order valence-corrected chi connectivity index (χ1v) is 28.8. The summed E-state index contributed by atoms with van der Waals surface area (Å²) in [7, 11) is 0. The van der Waals surface area contributed by atoms with Crippen LogP contribution in [-0.2, 0) is 32.5 Å². The largest absolute Gasteiger partial charge is 0.455 e. The Morgan fingerprint density at radius 1 is 0.487 bits per heavy atom. The minimum Gasteiger partial charge on any atom is -0.455 e. The average Bonchev–Trinajstić information content (AvgIpc) is 2.15. The van der Waals surface area contributed by atoms with E-state index in [2.05, 4.69) is 272 Å². The van der Waals surface area contributed by atoms with Gasteiger partial charge in [-0.25, -0.2) is 0 Å². The summed E-state index contributed by atoms with van der Waals surface area (Å²) in [6.45, 7) is 40.0. The lowest BCUT2D eigenvalue weighted by Gasteiger charge is -2.46. The van der Waals surface area contributed by atoms with Crippen LogP contribution in [-0.4, -0.2) is 11.4 Å². The summed E-state index contributed by atoms with van der Waals surface area (Å²) in [5.41, 5.74) is 25.9. The summed E-state index contributed by atoms with van der Waals surface area (Å²) in [6.07, 6.45) is 2.31. The fraction of sp³-hybridized carbons (Fsp3) is 0.342. The smallest absolute Gasteiger partial charge is 0.333 e. The SMILES string of the molecule is Cc1cc2c(cc1N1B3c4c(cc5c(oc6ccccc65)c4-c4cc(N(c5ccc(C(C)(C)C)cc5)c5ccc(C(C)(C)C)cc5)ccc41)-n1c4ccc(C(C)(C)C)cc4c4cc(C(C)(C)C)cc3c41)C(C)(C)CCC2(C)C. The molecule has 1 aliphatic carbocycles. The highest BCUT2D eigenvalue weighted by molar-refractivity contribution is 6.94. The van der Waals surface area contributed by atoms with Crippen molar-refractivity contribution >= 4 is 90.0 Å². The molecule has 10 aromatic rings. The van der Waals surface area contributed by atoms with Crippen molar-refractivity contribution in [3.05, 3.63) is 178 Å². The number of nitrogens with zero attached hydrogens (tertiary/aromatic N) is 3. The molecule has 0 N–H and O–H groups in total. The molecule has 0 amide bonds. The van der Waals surface area contributed by atoms with E-state index in [4.69, 9.17) is 4.42 Å². The first-order valence-electron chi connectivity index (χ1n) is 28.8. The molecule has 2 aliphatic heterocycles. The zero-order chi connectivity index (χ0) is 55.1. The van der Waals surface area contributed by atoms with Crippen LogP contribution in [0.15, 0.2) is 144 Å². The number of hydrogen-bond donors (Lipinski definition) is 0. The third kappa shape index (κ3) is 7.60. The van der Waals surface area contributed by atoms with Crippen molar-refractivity contribution in [2.45, 2.75) is 163 Å². The summed E-state index contributed by atoms with van der Waals surface area (Å²) in [5.74, 6) is 0. The van der Waals surface area contributed by atoms with Crippen LogP contribution >= 0.6 is 0 Å².